The van der Waals surface area contributed by atoms with Gasteiger partial charge in [-0.3, -0.25) is 4.79 Å². The zero-order valence-electron chi connectivity index (χ0n) is 7.77. The average molecular weight is 200 g/mol. The second-order valence-corrected chi connectivity index (χ2v) is 3.51. The van der Waals surface area contributed by atoms with Crippen molar-refractivity contribution in [3.63, 3.8) is 0 Å². The van der Waals surface area contributed by atoms with Crippen LogP contribution in [0.25, 0.3) is 0 Å². The quantitative estimate of drug-likeness (QED) is 0.744. The zero-order valence-corrected chi connectivity index (χ0v) is 8.53. The molecule has 3 heteroatoms. The summed E-state index contributed by atoms with van der Waals surface area (Å²) in [5.74, 6) is 0.0437. The average Bonchev–Trinajstić information content (AvgIpc) is 2.09. The van der Waals surface area contributed by atoms with Crippen LogP contribution in [0.15, 0.2) is 22.9 Å². The number of carbonyl (C=O) groups is 1. The van der Waals surface area contributed by atoms with Crippen molar-refractivity contribution in [2.75, 3.05) is 0 Å². The molecule has 0 bridgehead atoms. The molecular formula is C10H14ClNO. The molecule has 0 aliphatic heterocycles. The van der Waals surface area contributed by atoms with E-state index >= 15 is 0 Å². The van der Waals surface area contributed by atoms with E-state index in [1.165, 1.54) is 0 Å². The normalized spacial score (nSPS) is 16.2. The highest BCUT2D eigenvalue weighted by Gasteiger charge is 2.08. The van der Waals surface area contributed by atoms with E-state index in [0.29, 0.717) is 6.42 Å². The molecule has 0 atom stereocenters. The van der Waals surface area contributed by atoms with Crippen LogP contribution in [0.3, 0.4) is 0 Å². The number of rotatable bonds is 3. The molecule has 0 saturated carbocycles. The summed E-state index contributed by atoms with van der Waals surface area (Å²) in [6.07, 6.45) is 7.11. The lowest BCUT2D eigenvalue weighted by molar-refractivity contribution is -0.120. The number of nitrogens with one attached hydrogen (secondary N) is 1. The number of halogens is 1. The van der Waals surface area contributed by atoms with Gasteiger partial charge < -0.3 is 5.32 Å². The Bertz CT molecular complexity index is 256. The maximum atomic E-state index is 11.2. The van der Waals surface area contributed by atoms with Crippen LogP contribution in [0.5, 0.6) is 0 Å². The first-order chi connectivity index (χ1) is 6.24. The van der Waals surface area contributed by atoms with Crippen molar-refractivity contribution in [1.82, 2.24) is 5.32 Å². The molecule has 1 rings (SSSR count). The highest BCUT2D eigenvalue weighted by Crippen LogP contribution is 2.20. The molecule has 0 aromatic heterocycles. The molecule has 72 valence electrons. The standard InChI is InChI=1S/C10H14ClNO/c1-2-5-10(13)12-9-7-4-3-6-8(9)11/h4,7H,2-3,5-6H2,1H3,(H,12,13). The van der Waals surface area contributed by atoms with Gasteiger partial charge in [-0.05, 0) is 25.3 Å². The van der Waals surface area contributed by atoms with Gasteiger partial charge >= 0.3 is 0 Å². The summed E-state index contributed by atoms with van der Waals surface area (Å²) in [6.45, 7) is 1.98. The van der Waals surface area contributed by atoms with Crippen LogP contribution in [-0.2, 0) is 4.79 Å². The smallest absolute Gasteiger partial charge is 0.224 e. The molecule has 0 heterocycles. The summed E-state index contributed by atoms with van der Waals surface area (Å²) in [5.41, 5.74) is 0.770. The number of carbonyl (C=O) groups excluding carboxylic acids is 1. The monoisotopic (exact) mass is 199 g/mol. The summed E-state index contributed by atoms with van der Waals surface area (Å²) < 4.78 is 0. The molecule has 0 unspecified atom stereocenters. The summed E-state index contributed by atoms with van der Waals surface area (Å²) in [4.78, 5) is 11.2. The van der Waals surface area contributed by atoms with Crippen LogP contribution in [0.1, 0.15) is 32.6 Å². The van der Waals surface area contributed by atoms with Crippen LogP contribution >= 0.6 is 11.6 Å². The first-order valence-electron chi connectivity index (χ1n) is 4.59. The van der Waals surface area contributed by atoms with E-state index in [1.807, 2.05) is 19.1 Å². The number of hydrogen-bond donors (Lipinski definition) is 1. The van der Waals surface area contributed by atoms with E-state index in [0.717, 1.165) is 30.0 Å². The third-order valence-electron chi connectivity index (χ3n) is 1.86. The maximum absolute atomic E-state index is 11.2. The Morgan fingerprint density at radius 2 is 2.46 bits per heavy atom. The van der Waals surface area contributed by atoms with Crippen molar-refractivity contribution in [2.24, 2.45) is 0 Å². The molecule has 0 fully saturated rings. The van der Waals surface area contributed by atoms with Gasteiger partial charge in [0.2, 0.25) is 5.91 Å². The van der Waals surface area contributed by atoms with Crippen LogP contribution in [0.2, 0.25) is 0 Å². The number of allylic oxidation sites excluding steroid dienone is 3. The fraction of sp³-hybridized carbons (Fsp3) is 0.500. The van der Waals surface area contributed by atoms with Gasteiger partial charge in [-0.2, -0.15) is 0 Å². The van der Waals surface area contributed by atoms with E-state index in [2.05, 4.69) is 5.32 Å². The van der Waals surface area contributed by atoms with Crippen LogP contribution in [-0.4, -0.2) is 5.91 Å². The van der Waals surface area contributed by atoms with Gasteiger partial charge in [0.25, 0.3) is 0 Å². The van der Waals surface area contributed by atoms with Gasteiger partial charge in [-0.25, -0.2) is 0 Å². The Morgan fingerprint density at radius 1 is 1.69 bits per heavy atom. The van der Waals surface area contributed by atoms with E-state index < -0.39 is 0 Å². The van der Waals surface area contributed by atoms with E-state index in [9.17, 15) is 4.79 Å². The van der Waals surface area contributed by atoms with Crippen molar-refractivity contribution in [3.8, 4) is 0 Å². The van der Waals surface area contributed by atoms with Crippen LogP contribution < -0.4 is 5.32 Å². The number of hydrogen-bond acceptors (Lipinski definition) is 1. The molecule has 1 amide bonds. The minimum absolute atomic E-state index is 0.0437. The molecule has 0 spiro atoms. The Morgan fingerprint density at radius 3 is 3.08 bits per heavy atom. The lowest BCUT2D eigenvalue weighted by atomic mass is 10.1. The van der Waals surface area contributed by atoms with Crippen molar-refractivity contribution in [2.45, 2.75) is 32.6 Å². The summed E-state index contributed by atoms with van der Waals surface area (Å²) in [5, 5.41) is 3.55. The predicted molar refractivity (Wildman–Crippen MR) is 54.3 cm³/mol. The molecule has 13 heavy (non-hydrogen) atoms. The van der Waals surface area contributed by atoms with E-state index in [1.54, 1.807) is 0 Å². The lowest BCUT2D eigenvalue weighted by Crippen LogP contribution is -2.22. The second kappa shape index (κ2) is 5.07. The largest absolute Gasteiger partial charge is 0.325 e. The minimum Gasteiger partial charge on any atom is -0.325 e. The summed E-state index contributed by atoms with van der Waals surface area (Å²) >= 11 is 5.94. The third-order valence-corrected chi connectivity index (χ3v) is 2.25. The van der Waals surface area contributed by atoms with Gasteiger partial charge in [0.15, 0.2) is 0 Å². The fourth-order valence-corrected chi connectivity index (χ4v) is 1.40. The lowest BCUT2D eigenvalue weighted by Gasteiger charge is -2.11. The SMILES string of the molecule is CCCC(=O)NC1=C(Cl)CCC=C1. The predicted octanol–water partition coefficient (Wildman–Crippen LogP) is 2.70. The van der Waals surface area contributed by atoms with Crippen LogP contribution in [0, 0.1) is 0 Å². The topological polar surface area (TPSA) is 29.1 Å². The molecular weight excluding hydrogens is 186 g/mol. The Labute approximate surface area is 83.7 Å². The van der Waals surface area contributed by atoms with Gasteiger partial charge in [-0.15, -0.1) is 0 Å². The molecule has 0 saturated heterocycles. The first kappa shape index (κ1) is 10.3. The second-order valence-electron chi connectivity index (χ2n) is 3.06. The molecule has 1 aliphatic rings. The van der Waals surface area contributed by atoms with Crippen molar-refractivity contribution >= 4 is 17.5 Å². The summed E-state index contributed by atoms with van der Waals surface area (Å²) in [6, 6.07) is 0. The Balaban J connectivity index is 2.52. The maximum Gasteiger partial charge on any atom is 0.224 e. The van der Waals surface area contributed by atoms with E-state index in [-0.39, 0.29) is 5.91 Å². The molecule has 0 aromatic carbocycles. The highest BCUT2D eigenvalue weighted by atomic mass is 35.5. The third kappa shape index (κ3) is 3.23. The van der Waals surface area contributed by atoms with Crippen LogP contribution in [0.4, 0.5) is 0 Å². The number of amides is 1. The molecule has 1 aliphatic carbocycles. The van der Waals surface area contributed by atoms with Gasteiger partial charge in [0, 0.05) is 11.5 Å². The van der Waals surface area contributed by atoms with Crippen molar-refractivity contribution in [3.05, 3.63) is 22.9 Å². The van der Waals surface area contributed by atoms with Crippen molar-refractivity contribution in [1.29, 1.82) is 0 Å². The van der Waals surface area contributed by atoms with Gasteiger partial charge in [0.05, 0.1) is 5.70 Å². The van der Waals surface area contributed by atoms with E-state index in [4.69, 9.17) is 11.6 Å². The molecule has 0 radical (unpaired) electrons. The van der Waals surface area contributed by atoms with Gasteiger partial charge in [0.1, 0.15) is 0 Å². The minimum atomic E-state index is 0.0437. The Hall–Kier alpha value is -0.760. The molecule has 2 nitrogen and oxygen atoms in total. The summed E-state index contributed by atoms with van der Waals surface area (Å²) in [7, 11) is 0. The first-order valence-corrected chi connectivity index (χ1v) is 4.97. The highest BCUT2D eigenvalue weighted by molar-refractivity contribution is 6.30. The molecule has 1 N–H and O–H groups in total. The fourth-order valence-electron chi connectivity index (χ4n) is 1.19. The molecule has 0 aromatic rings. The van der Waals surface area contributed by atoms with Gasteiger partial charge in [-0.1, -0.05) is 24.6 Å². The van der Waals surface area contributed by atoms with Crippen molar-refractivity contribution < 1.29 is 4.79 Å². The zero-order chi connectivity index (χ0) is 9.68. The Kier molecular flexibility index (Phi) is 4.03.